The number of nitriles is 1. The summed E-state index contributed by atoms with van der Waals surface area (Å²) in [6.45, 7) is 0.743. The molecule has 2 N–H and O–H groups in total. The van der Waals surface area contributed by atoms with Gasteiger partial charge in [-0.15, -0.1) is 0 Å². The number of nitrogens with zero attached hydrogens (tertiary/aromatic N) is 1. The van der Waals surface area contributed by atoms with Crippen LogP contribution in [0.15, 0.2) is 48.5 Å². The van der Waals surface area contributed by atoms with E-state index < -0.39 is 0 Å². The molecule has 0 heterocycles. The lowest BCUT2D eigenvalue weighted by Gasteiger charge is -2.07. The zero-order valence-corrected chi connectivity index (χ0v) is 9.93. The van der Waals surface area contributed by atoms with Crippen LogP contribution in [0.5, 0.6) is 0 Å². The molecule has 0 atom stereocenters. The molecule has 0 saturated carbocycles. The van der Waals surface area contributed by atoms with Gasteiger partial charge in [-0.1, -0.05) is 24.3 Å². The molecule has 2 aromatic carbocycles. The van der Waals surface area contributed by atoms with Gasteiger partial charge < -0.3 is 10.4 Å². The fourth-order valence-corrected chi connectivity index (χ4v) is 1.68. The molecule has 0 aromatic heterocycles. The molecule has 0 saturated heterocycles. The molecule has 0 radical (unpaired) electrons. The first-order valence-electron chi connectivity index (χ1n) is 5.74. The van der Waals surface area contributed by atoms with Gasteiger partial charge in [0.2, 0.25) is 0 Å². The molecule has 18 heavy (non-hydrogen) atoms. The summed E-state index contributed by atoms with van der Waals surface area (Å²) in [7, 11) is 0. The van der Waals surface area contributed by atoms with E-state index in [2.05, 4.69) is 11.4 Å². The van der Waals surface area contributed by atoms with Crippen LogP contribution in [-0.2, 0) is 13.2 Å². The molecule has 2 aromatic rings. The predicted molar refractivity (Wildman–Crippen MR) is 70.8 cm³/mol. The maximum Gasteiger partial charge on any atom is 0.0991 e. The van der Waals surface area contributed by atoms with E-state index in [0.717, 1.165) is 16.8 Å². The molecule has 0 spiro atoms. The van der Waals surface area contributed by atoms with E-state index in [1.54, 1.807) is 12.1 Å². The van der Waals surface area contributed by atoms with Gasteiger partial charge in [-0.25, -0.2) is 0 Å². The second-order valence-electron chi connectivity index (χ2n) is 4.02. The largest absolute Gasteiger partial charge is 0.392 e. The number of nitrogens with one attached hydrogen (secondary N) is 1. The van der Waals surface area contributed by atoms with Gasteiger partial charge in [0.25, 0.3) is 0 Å². The number of hydrogen-bond acceptors (Lipinski definition) is 3. The minimum absolute atomic E-state index is 0.0480. The van der Waals surface area contributed by atoms with Gasteiger partial charge in [0, 0.05) is 12.2 Å². The van der Waals surface area contributed by atoms with Crippen molar-refractivity contribution in [2.24, 2.45) is 0 Å². The molecule has 0 aliphatic carbocycles. The molecule has 3 heteroatoms. The lowest BCUT2D eigenvalue weighted by Crippen LogP contribution is -1.99. The minimum atomic E-state index is 0.0480. The standard InChI is InChI=1S/C15H14N2O/c16-9-12-4-6-13(7-5-12)10-17-15-3-1-2-14(8-15)11-18/h1-8,17-18H,10-11H2. The number of aliphatic hydroxyl groups excluding tert-OH is 1. The number of hydrogen-bond donors (Lipinski definition) is 2. The Morgan fingerprint density at radius 3 is 2.50 bits per heavy atom. The number of benzene rings is 2. The van der Waals surface area contributed by atoms with Crippen molar-refractivity contribution < 1.29 is 5.11 Å². The minimum Gasteiger partial charge on any atom is -0.392 e. The summed E-state index contributed by atoms with van der Waals surface area (Å²) in [6, 6.07) is 17.2. The monoisotopic (exact) mass is 238 g/mol. The molecule has 0 aliphatic rings. The maximum absolute atomic E-state index is 9.05. The number of anilines is 1. The summed E-state index contributed by atoms with van der Waals surface area (Å²) in [5, 5.41) is 21.0. The number of rotatable bonds is 4. The van der Waals surface area contributed by atoms with Crippen LogP contribution in [0.3, 0.4) is 0 Å². The van der Waals surface area contributed by atoms with Crippen LogP contribution < -0.4 is 5.32 Å². The lowest BCUT2D eigenvalue weighted by molar-refractivity contribution is 0.282. The van der Waals surface area contributed by atoms with Gasteiger partial charge in [0.15, 0.2) is 0 Å². The van der Waals surface area contributed by atoms with Crippen LogP contribution in [-0.4, -0.2) is 5.11 Å². The second-order valence-corrected chi connectivity index (χ2v) is 4.02. The highest BCUT2D eigenvalue weighted by Gasteiger charge is 1.96. The average molecular weight is 238 g/mol. The Hall–Kier alpha value is -2.31. The summed E-state index contributed by atoms with van der Waals surface area (Å²) >= 11 is 0. The topological polar surface area (TPSA) is 56.0 Å². The number of aliphatic hydroxyl groups is 1. The molecule has 90 valence electrons. The molecule has 0 unspecified atom stereocenters. The van der Waals surface area contributed by atoms with Crippen molar-refractivity contribution in [3.63, 3.8) is 0 Å². The van der Waals surface area contributed by atoms with Crippen LogP contribution in [0.4, 0.5) is 5.69 Å². The zero-order chi connectivity index (χ0) is 12.8. The third kappa shape index (κ3) is 3.09. The SMILES string of the molecule is N#Cc1ccc(CNc2cccc(CO)c2)cc1. The van der Waals surface area contributed by atoms with Crippen molar-refractivity contribution in [3.05, 3.63) is 65.2 Å². The van der Waals surface area contributed by atoms with Crippen LogP contribution in [0.25, 0.3) is 0 Å². The predicted octanol–water partition coefficient (Wildman–Crippen LogP) is 2.66. The molecular formula is C15H14N2O. The first kappa shape index (κ1) is 12.2. The van der Waals surface area contributed by atoms with E-state index in [1.807, 2.05) is 36.4 Å². The highest BCUT2D eigenvalue weighted by molar-refractivity contribution is 5.46. The quantitative estimate of drug-likeness (QED) is 0.861. The van der Waals surface area contributed by atoms with Crippen molar-refractivity contribution in [1.29, 1.82) is 5.26 Å². The summed E-state index contributed by atoms with van der Waals surface area (Å²) in [5.74, 6) is 0. The van der Waals surface area contributed by atoms with Gasteiger partial charge in [-0.3, -0.25) is 0 Å². The van der Waals surface area contributed by atoms with Crippen molar-refractivity contribution >= 4 is 5.69 Å². The Bertz CT molecular complexity index is 555. The summed E-state index contributed by atoms with van der Waals surface area (Å²) in [4.78, 5) is 0. The van der Waals surface area contributed by atoms with Crippen LogP contribution in [0, 0.1) is 11.3 Å². The Balaban J connectivity index is 2.00. The van der Waals surface area contributed by atoms with Crippen LogP contribution in [0.1, 0.15) is 16.7 Å². The summed E-state index contributed by atoms with van der Waals surface area (Å²) in [6.07, 6.45) is 0. The van der Waals surface area contributed by atoms with Gasteiger partial charge >= 0.3 is 0 Å². The molecule has 2 rings (SSSR count). The fraction of sp³-hybridized carbons (Fsp3) is 0.133. The van der Waals surface area contributed by atoms with E-state index in [0.29, 0.717) is 12.1 Å². The van der Waals surface area contributed by atoms with Gasteiger partial charge in [-0.05, 0) is 35.4 Å². The zero-order valence-electron chi connectivity index (χ0n) is 9.93. The second kappa shape index (κ2) is 5.85. The van der Waals surface area contributed by atoms with Crippen molar-refractivity contribution in [3.8, 4) is 6.07 Å². The molecular weight excluding hydrogens is 224 g/mol. The molecule has 0 aliphatic heterocycles. The highest BCUT2D eigenvalue weighted by atomic mass is 16.3. The smallest absolute Gasteiger partial charge is 0.0991 e. The molecule has 0 fully saturated rings. The lowest BCUT2D eigenvalue weighted by atomic mass is 10.1. The van der Waals surface area contributed by atoms with E-state index in [4.69, 9.17) is 10.4 Å². The van der Waals surface area contributed by atoms with Crippen molar-refractivity contribution in [1.82, 2.24) is 0 Å². The average Bonchev–Trinajstić information content (AvgIpc) is 2.46. The Labute approximate surface area is 106 Å². The summed E-state index contributed by atoms with van der Waals surface area (Å²) < 4.78 is 0. The van der Waals surface area contributed by atoms with E-state index in [1.165, 1.54) is 0 Å². The third-order valence-corrected chi connectivity index (χ3v) is 2.69. The van der Waals surface area contributed by atoms with Gasteiger partial charge in [0.05, 0.1) is 18.2 Å². The highest BCUT2D eigenvalue weighted by Crippen LogP contribution is 2.12. The van der Waals surface area contributed by atoms with E-state index >= 15 is 0 Å². The Kier molecular flexibility index (Phi) is 3.95. The maximum atomic E-state index is 9.05. The normalized spacial score (nSPS) is 9.78. The molecule has 0 amide bonds. The van der Waals surface area contributed by atoms with E-state index in [9.17, 15) is 0 Å². The Morgan fingerprint density at radius 1 is 1.06 bits per heavy atom. The molecule has 0 bridgehead atoms. The van der Waals surface area contributed by atoms with Crippen molar-refractivity contribution in [2.75, 3.05) is 5.32 Å². The van der Waals surface area contributed by atoms with Crippen LogP contribution in [0.2, 0.25) is 0 Å². The van der Waals surface area contributed by atoms with Crippen molar-refractivity contribution in [2.45, 2.75) is 13.2 Å². The fourth-order valence-electron chi connectivity index (χ4n) is 1.68. The van der Waals surface area contributed by atoms with Crippen LogP contribution >= 0.6 is 0 Å². The summed E-state index contributed by atoms with van der Waals surface area (Å²) in [5.41, 5.74) is 3.65. The molecule has 3 nitrogen and oxygen atoms in total. The third-order valence-electron chi connectivity index (χ3n) is 2.69. The van der Waals surface area contributed by atoms with Gasteiger partial charge in [0.1, 0.15) is 0 Å². The first-order chi connectivity index (χ1) is 8.81. The first-order valence-corrected chi connectivity index (χ1v) is 5.74. The Morgan fingerprint density at radius 2 is 1.83 bits per heavy atom. The van der Waals surface area contributed by atoms with Gasteiger partial charge in [-0.2, -0.15) is 5.26 Å². The van der Waals surface area contributed by atoms with E-state index in [-0.39, 0.29) is 6.61 Å².